The van der Waals surface area contributed by atoms with Crippen LogP contribution in [0.4, 0.5) is 0 Å². The number of rotatable bonds is 3. The second-order valence-electron chi connectivity index (χ2n) is 4.82. The number of aromatic hydroxyl groups is 2. The van der Waals surface area contributed by atoms with Gasteiger partial charge in [0.25, 0.3) is 0 Å². The van der Waals surface area contributed by atoms with Crippen molar-refractivity contribution >= 4 is 23.2 Å². The van der Waals surface area contributed by atoms with Crippen LogP contribution < -0.4 is 0 Å². The summed E-state index contributed by atoms with van der Waals surface area (Å²) in [6.07, 6.45) is 0. The molecule has 0 heterocycles. The molecule has 3 N–H and O–H groups in total. The predicted molar refractivity (Wildman–Crippen MR) is 79.8 cm³/mol. The maximum atomic E-state index is 9.80. The lowest BCUT2D eigenvalue weighted by atomic mass is 9.77. The van der Waals surface area contributed by atoms with Gasteiger partial charge in [0.15, 0.2) is 0 Å². The average Bonchev–Trinajstić information content (AvgIpc) is 2.44. The third-order valence-electron chi connectivity index (χ3n) is 3.49. The van der Waals surface area contributed by atoms with Gasteiger partial charge in [0.05, 0.1) is 16.7 Å². The summed E-state index contributed by atoms with van der Waals surface area (Å²) in [5.41, 5.74) is 0.739. The first kappa shape index (κ1) is 15.0. The zero-order valence-electron chi connectivity index (χ0n) is 10.8. The van der Waals surface area contributed by atoms with Crippen molar-refractivity contribution in [1.29, 1.82) is 0 Å². The molecule has 0 amide bonds. The normalized spacial score (nSPS) is 11.6. The molecule has 0 atom stereocenters. The van der Waals surface area contributed by atoms with Gasteiger partial charge in [-0.3, -0.25) is 0 Å². The number of aliphatic hydroxyl groups is 1. The van der Waals surface area contributed by atoms with Crippen molar-refractivity contribution in [3.63, 3.8) is 0 Å². The van der Waals surface area contributed by atoms with Crippen LogP contribution in [0.25, 0.3) is 0 Å². The zero-order chi connectivity index (χ0) is 14.9. The Morgan fingerprint density at radius 1 is 0.900 bits per heavy atom. The van der Waals surface area contributed by atoms with Crippen LogP contribution in [0.5, 0.6) is 11.5 Å². The second-order valence-corrected chi connectivity index (χ2v) is 5.64. The van der Waals surface area contributed by atoms with Crippen molar-refractivity contribution in [2.75, 3.05) is 6.61 Å². The third kappa shape index (κ3) is 2.57. The lowest BCUT2D eigenvalue weighted by Crippen LogP contribution is -2.28. The Kier molecular flexibility index (Phi) is 4.14. The molecule has 0 aliphatic rings. The molecular formula is C15H14Cl2O3. The molecule has 0 aliphatic carbocycles. The maximum absolute atomic E-state index is 9.80. The highest BCUT2D eigenvalue weighted by atomic mass is 35.5. The average molecular weight is 313 g/mol. The summed E-state index contributed by atoms with van der Waals surface area (Å²) in [5, 5.41) is 29.2. The molecule has 2 rings (SSSR count). The smallest absolute Gasteiger partial charge is 0.134 e. The number of benzene rings is 2. The topological polar surface area (TPSA) is 60.7 Å². The van der Waals surface area contributed by atoms with Crippen LogP contribution >= 0.6 is 23.2 Å². The fraction of sp³-hybridized carbons (Fsp3) is 0.200. The van der Waals surface area contributed by atoms with Crippen LogP contribution in [-0.2, 0) is 5.41 Å². The fourth-order valence-corrected chi connectivity index (χ4v) is 2.41. The monoisotopic (exact) mass is 312 g/mol. The minimum atomic E-state index is -0.741. The van der Waals surface area contributed by atoms with E-state index in [1.807, 2.05) is 6.92 Å². The van der Waals surface area contributed by atoms with E-state index in [1.54, 1.807) is 24.3 Å². The fourth-order valence-electron chi connectivity index (χ4n) is 2.05. The molecule has 0 aromatic heterocycles. The van der Waals surface area contributed by atoms with Crippen LogP contribution in [0.3, 0.4) is 0 Å². The Hall–Kier alpha value is -1.42. The quantitative estimate of drug-likeness (QED) is 0.809. The van der Waals surface area contributed by atoms with Crippen molar-refractivity contribution in [2.24, 2.45) is 0 Å². The van der Waals surface area contributed by atoms with Crippen molar-refractivity contribution < 1.29 is 15.3 Å². The van der Waals surface area contributed by atoms with Gasteiger partial charge >= 0.3 is 0 Å². The van der Waals surface area contributed by atoms with Gasteiger partial charge in [-0.2, -0.15) is 0 Å². The highest BCUT2D eigenvalue weighted by molar-refractivity contribution is 6.32. The molecule has 106 valence electrons. The molecule has 0 saturated heterocycles. The van der Waals surface area contributed by atoms with Gasteiger partial charge in [0, 0.05) is 5.41 Å². The highest BCUT2D eigenvalue weighted by Gasteiger charge is 2.29. The Balaban J connectivity index is 2.57. The summed E-state index contributed by atoms with van der Waals surface area (Å²) in [6, 6.07) is 9.55. The largest absolute Gasteiger partial charge is 0.506 e. The third-order valence-corrected chi connectivity index (χ3v) is 4.09. The van der Waals surface area contributed by atoms with Crippen molar-refractivity contribution in [3.8, 4) is 11.5 Å². The van der Waals surface area contributed by atoms with Gasteiger partial charge < -0.3 is 15.3 Å². The molecule has 2 aromatic carbocycles. The Morgan fingerprint density at radius 2 is 1.30 bits per heavy atom. The van der Waals surface area contributed by atoms with E-state index < -0.39 is 5.41 Å². The van der Waals surface area contributed by atoms with Crippen LogP contribution in [0.2, 0.25) is 10.0 Å². The zero-order valence-corrected chi connectivity index (χ0v) is 12.3. The highest BCUT2D eigenvalue weighted by Crippen LogP contribution is 2.37. The van der Waals surface area contributed by atoms with E-state index in [-0.39, 0.29) is 28.2 Å². The van der Waals surface area contributed by atoms with Crippen LogP contribution in [-0.4, -0.2) is 21.9 Å². The minimum absolute atomic E-state index is 0.0144. The minimum Gasteiger partial charge on any atom is -0.506 e. The summed E-state index contributed by atoms with van der Waals surface area (Å²) >= 11 is 11.8. The van der Waals surface area contributed by atoms with Gasteiger partial charge in [0.2, 0.25) is 0 Å². The second kappa shape index (κ2) is 5.52. The summed E-state index contributed by atoms with van der Waals surface area (Å²) < 4.78 is 0. The van der Waals surface area contributed by atoms with E-state index in [4.69, 9.17) is 23.2 Å². The Labute approximate surface area is 127 Å². The number of phenols is 2. The molecule has 0 radical (unpaired) electrons. The Morgan fingerprint density at radius 3 is 1.60 bits per heavy atom. The van der Waals surface area contributed by atoms with Gasteiger partial charge in [-0.1, -0.05) is 35.3 Å². The van der Waals surface area contributed by atoms with Gasteiger partial charge in [-0.15, -0.1) is 0 Å². The summed E-state index contributed by atoms with van der Waals surface area (Å²) in [4.78, 5) is 0. The number of halogens is 2. The van der Waals surface area contributed by atoms with Crippen molar-refractivity contribution in [3.05, 3.63) is 57.6 Å². The van der Waals surface area contributed by atoms with Crippen LogP contribution in [0.15, 0.2) is 36.4 Å². The first-order valence-electron chi connectivity index (χ1n) is 5.97. The number of phenolic OH excluding ortho intramolecular Hbond substituents is 2. The summed E-state index contributed by atoms with van der Waals surface area (Å²) in [5.74, 6) is -0.0288. The number of aliphatic hydroxyl groups excluding tert-OH is 1. The molecule has 0 bridgehead atoms. The molecule has 2 aromatic rings. The summed E-state index contributed by atoms with van der Waals surface area (Å²) in [6.45, 7) is 1.66. The molecule has 3 nitrogen and oxygen atoms in total. The number of hydrogen-bond acceptors (Lipinski definition) is 3. The molecule has 0 aliphatic heterocycles. The number of hydrogen-bond donors (Lipinski definition) is 3. The molecule has 0 saturated carbocycles. The van der Waals surface area contributed by atoms with Crippen LogP contribution in [0, 0.1) is 0 Å². The van der Waals surface area contributed by atoms with E-state index in [2.05, 4.69) is 0 Å². The molecule has 5 heteroatoms. The summed E-state index contributed by atoms with van der Waals surface area (Å²) in [7, 11) is 0. The van der Waals surface area contributed by atoms with Crippen LogP contribution in [0.1, 0.15) is 18.1 Å². The van der Waals surface area contributed by atoms with Gasteiger partial charge in [0.1, 0.15) is 11.5 Å². The molecule has 0 spiro atoms. The predicted octanol–water partition coefficient (Wildman–Crippen LogP) is 3.70. The van der Waals surface area contributed by atoms with Gasteiger partial charge in [-0.05, 0) is 42.3 Å². The van der Waals surface area contributed by atoms with Crippen molar-refractivity contribution in [2.45, 2.75) is 12.3 Å². The van der Waals surface area contributed by atoms with Gasteiger partial charge in [-0.25, -0.2) is 0 Å². The first-order valence-corrected chi connectivity index (χ1v) is 6.73. The molecule has 20 heavy (non-hydrogen) atoms. The van der Waals surface area contributed by atoms with E-state index in [0.717, 1.165) is 11.1 Å². The van der Waals surface area contributed by atoms with E-state index >= 15 is 0 Å². The molecular weight excluding hydrogens is 299 g/mol. The van der Waals surface area contributed by atoms with Crippen molar-refractivity contribution in [1.82, 2.24) is 0 Å². The van der Waals surface area contributed by atoms with E-state index in [1.165, 1.54) is 12.1 Å². The first-order chi connectivity index (χ1) is 9.38. The SMILES string of the molecule is CC(CO)(c1ccc(O)c(Cl)c1)c1ccc(O)c(Cl)c1. The lowest BCUT2D eigenvalue weighted by molar-refractivity contribution is 0.231. The molecule has 0 unspecified atom stereocenters. The maximum Gasteiger partial charge on any atom is 0.134 e. The Bertz CT molecular complexity index is 590. The van der Waals surface area contributed by atoms with E-state index in [9.17, 15) is 15.3 Å². The molecule has 0 fully saturated rings. The standard InChI is InChI=1S/C15H14Cl2O3/c1-15(8-18,9-2-4-13(19)11(16)6-9)10-3-5-14(20)12(17)7-10/h2-7,18-20H,8H2,1H3. The van der Waals surface area contributed by atoms with E-state index in [0.29, 0.717) is 0 Å². The lowest BCUT2D eigenvalue weighted by Gasteiger charge is -2.29.